The summed E-state index contributed by atoms with van der Waals surface area (Å²) in [7, 11) is 4.53. The van der Waals surface area contributed by atoms with Crippen molar-refractivity contribution in [2.45, 2.75) is 6.54 Å². The number of methoxy groups -OCH3 is 3. The minimum atomic E-state index is -0.322. The van der Waals surface area contributed by atoms with Gasteiger partial charge in [0.25, 0.3) is 5.91 Å². The molecule has 0 aliphatic carbocycles. The molecule has 22 heavy (non-hydrogen) atoms. The van der Waals surface area contributed by atoms with Crippen LogP contribution in [0.15, 0.2) is 28.9 Å². The molecular weight excluding hydrogens is 288 g/mol. The van der Waals surface area contributed by atoms with Crippen LogP contribution in [0.1, 0.15) is 16.1 Å². The summed E-state index contributed by atoms with van der Waals surface area (Å²) < 4.78 is 20.8. The number of nitrogens with one attached hydrogen (secondary N) is 1. The van der Waals surface area contributed by atoms with Gasteiger partial charge in [0.1, 0.15) is 12.0 Å². The summed E-state index contributed by atoms with van der Waals surface area (Å²) in [6, 6.07) is 4.87. The van der Waals surface area contributed by atoms with E-state index in [4.69, 9.17) is 24.4 Å². The maximum Gasteiger partial charge on any atom is 0.258 e. The second kappa shape index (κ2) is 6.86. The first kappa shape index (κ1) is 15.7. The van der Waals surface area contributed by atoms with E-state index in [0.717, 1.165) is 0 Å². The van der Waals surface area contributed by atoms with Gasteiger partial charge in [-0.25, -0.2) is 0 Å². The number of rotatable bonds is 6. The van der Waals surface area contributed by atoms with Gasteiger partial charge < -0.3 is 29.7 Å². The van der Waals surface area contributed by atoms with Gasteiger partial charge in [0.05, 0.1) is 33.4 Å². The van der Waals surface area contributed by atoms with E-state index in [0.29, 0.717) is 34.3 Å². The summed E-state index contributed by atoms with van der Waals surface area (Å²) in [5.41, 5.74) is 6.34. The molecule has 1 amide bonds. The third-order valence-corrected chi connectivity index (χ3v) is 3.04. The number of nitrogens with two attached hydrogens (primary N) is 1. The Bertz CT molecular complexity index is 641. The fraction of sp³-hybridized carbons (Fsp3) is 0.267. The lowest BCUT2D eigenvalue weighted by atomic mass is 10.2. The Kier molecular flexibility index (Phi) is 4.90. The van der Waals surface area contributed by atoms with Crippen molar-refractivity contribution in [3.63, 3.8) is 0 Å². The molecule has 1 aromatic heterocycles. The maximum absolute atomic E-state index is 12.2. The maximum atomic E-state index is 12.2. The second-order valence-electron chi connectivity index (χ2n) is 4.37. The third-order valence-electron chi connectivity index (χ3n) is 3.04. The highest BCUT2D eigenvalue weighted by Gasteiger charge is 2.16. The van der Waals surface area contributed by atoms with Gasteiger partial charge >= 0.3 is 0 Å². The summed E-state index contributed by atoms with van der Waals surface area (Å²) >= 11 is 0. The van der Waals surface area contributed by atoms with E-state index in [1.54, 1.807) is 18.2 Å². The first-order valence-electron chi connectivity index (χ1n) is 6.51. The number of carbonyl (C=O) groups is 1. The molecule has 7 heteroatoms. The summed E-state index contributed by atoms with van der Waals surface area (Å²) in [4.78, 5) is 12.2. The minimum Gasteiger partial charge on any atom is -0.493 e. The van der Waals surface area contributed by atoms with Gasteiger partial charge in [0.2, 0.25) is 5.75 Å². The monoisotopic (exact) mass is 306 g/mol. The number of benzene rings is 1. The summed E-state index contributed by atoms with van der Waals surface area (Å²) in [6.07, 6.45) is 1.36. The van der Waals surface area contributed by atoms with E-state index in [1.165, 1.54) is 27.6 Å². The Balaban J connectivity index is 2.27. The molecule has 0 atom stereocenters. The van der Waals surface area contributed by atoms with Gasteiger partial charge in [-0.3, -0.25) is 4.79 Å². The van der Waals surface area contributed by atoms with Crippen LogP contribution < -0.4 is 25.3 Å². The van der Waals surface area contributed by atoms with E-state index >= 15 is 0 Å². The van der Waals surface area contributed by atoms with Gasteiger partial charge in [-0.1, -0.05) is 0 Å². The molecule has 118 valence electrons. The lowest BCUT2D eigenvalue weighted by Crippen LogP contribution is -2.11. The van der Waals surface area contributed by atoms with Crippen LogP contribution in [0.25, 0.3) is 0 Å². The fourth-order valence-electron chi connectivity index (χ4n) is 1.96. The molecule has 2 rings (SSSR count). The van der Waals surface area contributed by atoms with Crippen molar-refractivity contribution in [1.82, 2.24) is 0 Å². The van der Waals surface area contributed by atoms with Crippen LogP contribution in [0.3, 0.4) is 0 Å². The average Bonchev–Trinajstić information content (AvgIpc) is 3.03. The van der Waals surface area contributed by atoms with Gasteiger partial charge in [-0.15, -0.1) is 0 Å². The van der Waals surface area contributed by atoms with Gasteiger partial charge in [0, 0.05) is 17.8 Å². The topological polar surface area (TPSA) is 96.0 Å². The normalized spacial score (nSPS) is 10.2. The Morgan fingerprint density at radius 3 is 2.23 bits per heavy atom. The molecule has 2 aromatic rings. The molecule has 1 heterocycles. The zero-order chi connectivity index (χ0) is 16.1. The molecule has 0 fully saturated rings. The van der Waals surface area contributed by atoms with Crippen molar-refractivity contribution in [3.05, 3.63) is 35.8 Å². The Labute approximate surface area is 127 Å². The molecule has 0 saturated heterocycles. The number of furan rings is 1. The van der Waals surface area contributed by atoms with Crippen molar-refractivity contribution in [1.29, 1.82) is 0 Å². The molecule has 0 bridgehead atoms. The Morgan fingerprint density at radius 1 is 1.14 bits per heavy atom. The van der Waals surface area contributed by atoms with Crippen LogP contribution in [0.2, 0.25) is 0 Å². The first-order valence-corrected chi connectivity index (χ1v) is 6.51. The second-order valence-corrected chi connectivity index (χ2v) is 4.37. The molecule has 0 aliphatic heterocycles. The zero-order valence-corrected chi connectivity index (χ0v) is 12.6. The lowest BCUT2D eigenvalue weighted by molar-refractivity contribution is 0.102. The highest BCUT2D eigenvalue weighted by molar-refractivity contribution is 6.04. The van der Waals surface area contributed by atoms with Crippen LogP contribution in [0.4, 0.5) is 5.69 Å². The molecule has 7 nitrogen and oxygen atoms in total. The highest BCUT2D eigenvalue weighted by Crippen LogP contribution is 2.40. The van der Waals surface area contributed by atoms with Crippen LogP contribution >= 0.6 is 0 Å². The third kappa shape index (κ3) is 3.15. The molecule has 0 radical (unpaired) electrons. The SMILES string of the molecule is COc1cc(NC(=O)c2coc(CN)c2)cc(OC)c1OC. The average molecular weight is 306 g/mol. The summed E-state index contributed by atoms with van der Waals surface area (Å²) in [5.74, 6) is 1.57. The molecular formula is C15H18N2O5. The Hall–Kier alpha value is -2.67. The predicted molar refractivity (Wildman–Crippen MR) is 80.7 cm³/mol. The predicted octanol–water partition coefficient (Wildman–Crippen LogP) is 2.02. The number of ether oxygens (including phenoxy) is 3. The van der Waals surface area contributed by atoms with Crippen molar-refractivity contribution in [2.75, 3.05) is 26.6 Å². The Morgan fingerprint density at radius 2 is 1.77 bits per heavy atom. The van der Waals surface area contributed by atoms with E-state index < -0.39 is 0 Å². The zero-order valence-electron chi connectivity index (χ0n) is 12.6. The van der Waals surface area contributed by atoms with E-state index in [2.05, 4.69) is 5.32 Å². The van der Waals surface area contributed by atoms with Crippen LogP contribution in [0.5, 0.6) is 17.2 Å². The van der Waals surface area contributed by atoms with Crippen molar-refractivity contribution in [2.24, 2.45) is 5.73 Å². The van der Waals surface area contributed by atoms with Crippen molar-refractivity contribution < 1.29 is 23.4 Å². The number of hydrogen-bond donors (Lipinski definition) is 2. The molecule has 0 aliphatic rings. The quantitative estimate of drug-likeness (QED) is 0.847. The molecule has 0 unspecified atom stereocenters. The number of anilines is 1. The van der Waals surface area contributed by atoms with Gasteiger partial charge in [-0.2, -0.15) is 0 Å². The minimum absolute atomic E-state index is 0.234. The lowest BCUT2D eigenvalue weighted by Gasteiger charge is -2.14. The molecule has 3 N–H and O–H groups in total. The number of carbonyl (C=O) groups excluding carboxylic acids is 1. The standard InChI is InChI=1S/C15H18N2O5/c1-19-12-5-10(6-13(20-2)14(12)21-3)17-15(18)9-4-11(7-16)22-8-9/h4-6,8H,7,16H2,1-3H3,(H,17,18). The van der Waals surface area contributed by atoms with Gasteiger partial charge in [0.15, 0.2) is 11.5 Å². The number of amides is 1. The van der Waals surface area contributed by atoms with E-state index in [1.807, 2.05) is 0 Å². The largest absolute Gasteiger partial charge is 0.493 e. The molecule has 0 saturated carbocycles. The summed E-state index contributed by atoms with van der Waals surface area (Å²) in [5, 5.41) is 2.74. The highest BCUT2D eigenvalue weighted by atomic mass is 16.5. The molecule has 0 spiro atoms. The summed E-state index contributed by atoms with van der Waals surface area (Å²) in [6.45, 7) is 0.234. The van der Waals surface area contributed by atoms with E-state index in [-0.39, 0.29) is 12.5 Å². The van der Waals surface area contributed by atoms with Crippen LogP contribution in [-0.4, -0.2) is 27.2 Å². The number of hydrogen-bond acceptors (Lipinski definition) is 6. The van der Waals surface area contributed by atoms with Crippen LogP contribution in [0, 0.1) is 0 Å². The van der Waals surface area contributed by atoms with Crippen LogP contribution in [-0.2, 0) is 6.54 Å². The first-order chi connectivity index (χ1) is 10.6. The smallest absolute Gasteiger partial charge is 0.258 e. The van der Waals surface area contributed by atoms with Crippen molar-refractivity contribution >= 4 is 11.6 Å². The van der Waals surface area contributed by atoms with E-state index in [9.17, 15) is 4.79 Å². The van der Waals surface area contributed by atoms with Crippen molar-refractivity contribution in [3.8, 4) is 17.2 Å². The van der Waals surface area contributed by atoms with Gasteiger partial charge in [-0.05, 0) is 6.07 Å². The fourth-order valence-corrected chi connectivity index (χ4v) is 1.96. The molecule has 1 aromatic carbocycles.